The molecule has 2 aliphatic heterocycles. The maximum absolute atomic E-state index is 12.6. The first-order valence-electron chi connectivity index (χ1n) is 16.7. The van der Waals surface area contributed by atoms with E-state index >= 15 is 0 Å². The smallest absolute Gasteiger partial charge is 0.303 e. The molecule has 3 aromatic carbocycles. The summed E-state index contributed by atoms with van der Waals surface area (Å²) < 4.78 is 34.9. The third-order valence-corrected chi connectivity index (χ3v) is 8.59. The van der Waals surface area contributed by atoms with Crippen LogP contribution in [0.4, 0.5) is 10.1 Å². The van der Waals surface area contributed by atoms with Crippen LogP contribution in [-0.2, 0) is 51.0 Å². The van der Waals surface area contributed by atoms with Crippen molar-refractivity contribution in [2.75, 3.05) is 18.1 Å². The number of halogens is 1. The van der Waals surface area contributed by atoms with Gasteiger partial charge in [0.25, 0.3) is 0 Å². The molecule has 5 rings (SSSR count). The molecule has 49 heavy (non-hydrogen) atoms. The highest BCUT2D eigenvalue weighted by atomic mass is 19.1. The SMILES string of the molecule is CC(=O)OC1(CCc2ccc(C3CC(=O)N3c3ccc(CCC=O)cc3)cc2)COC(C)(C)OC1.CCC(OC(C)=O)c1ccc(F)cc1. The van der Waals surface area contributed by atoms with E-state index in [0.29, 0.717) is 51.7 Å². The Bertz CT molecular complexity index is 1560. The molecule has 10 heteroatoms. The second kappa shape index (κ2) is 16.8. The van der Waals surface area contributed by atoms with Crippen LogP contribution in [0.15, 0.2) is 72.8 Å². The summed E-state index contributed by atoms with van der Waals surface area (Å²) in [5.74, 6) is -1.54. The molecule has 262 valence electrons. The molecule has 1 amide bonds. The number of β-lactam (4-membered cyclic amide) rings is 1. The quantitative estimate of drug-likeness (QED) is 0.113. The molecule has 0 radical (unpaired) electrons. The summed E-state index contributed by atoms with van der Waals surface area (Å²) in [4.78, 5) is 47.3. The summed E-state index contributed by atoms with van der Waals surface area (Å²) in [7, 11) is 0. The summed E-state index contributed by atoms with van der Waals surface area (Å²) in [6, 6.07) is 22.1. The van der Waals surface area contributed by atoms with E-state index in [1.165, 1.54) is 26.0 Å². The predicted molar refractivity (Wildman–Crippen MR) is 182 cm³/mol. The van der Waals surface area contributed by atoms with Gasteiger partial charge in [-0.15, -0.1) is 0 Å². The molecule has 2 atom stereocenters. The van der Waals surface area contributed by atoms with Crippen LogP contribution in [0.25, 0.3) is 0 Å². The maximum Gasteiger partial charge on any atom is 0.303 e. The van der Waals surface area contributed by atoms with Crippen LogP contribution in [0.1, 0.15) is 94.7 Å². The van der Waals surface area contributed by atoms with Crippen molar-refractivity contribution in [1.29, 1.82) is 0 Å². The van der Waals surface area contributed by atoms with Crippen molar-refractivity contribution in [2.45, 2.75) is 96.7 Å². The van der Waals surface area contributed by atoms with Gasteiger partial charge in [-0.2, -0.15) is 0 Å². The minimum atomic E-state index is -0.797. The summed E-state index contributed by atoms with van der Waals surface area (Å²) in [5.41, 5.74) is 4.17. The van der Waals surface area contributed by atoms with Gasteiger partial charge in [-0.3, -0.25) is 14.4 Å². The van der Waals surface area contributed by atoms with Gasteiger partial charge in [-0.25, -0.2) is 4.39 Å². The lowest BCUT2D eigenvalue weighted by molar-refractivity contribution is -0.305. The molecule has 2 aliphatic rings. The Morgan fingerprint density at radius 3 is 2.04 bits per heavy atom. The fraction of sp³-hybridized carbons (Fsp3) is 0.436. The number of aryl methyl sites for hydroxylation is 2. The summed E-state index contributed by atoms with van der Waals surface area (Å²) in [6.45, 7) is 8.97. The Labute approximate surface area is 287 Å². The zero-order valence-corrected chi connectivity index (χ0v) is 28.9. The Kier molecular flexibility index (Phi) is 12.8. The van der Waals surface area contributed by atoms with Gasteiger partial charge in [0.1, 0.15) is 18.2 Å². The van der Waals surface area contributed by atoms with Gasteiger partial charge in [0.15, 0.2) is 11.4 Å². The second-order valence-electron chi connectivity index (χ2n) is 12.9. The molecule has 2 saturated heterocycles. The molecule has 2 fully saturated rings. The number of aldehydes is 1. The van der Waals surface area contributed by atoms with Crippen molar-refractivity contribution in [3.05, 3.63) is 101 Å². The first-order valence-corrected chi connectivity index (χ1v) is 16.7. The normalized spacial score (nSPS) is 18.3. The van der Waals surface area contributed by atoms with Crippen LogP contribution in [-0.4, -0.2) is 48.7 Å². The van der Waals surface area contributed by atoms with E-state index in [9.17, 15) is 23.6 Å². The van der Waals surface area contributed by atoms with Crippen LogP contribution in [0.5, 0.6) is 0 Å². The maximum atomic E-state index is 12.6. The second-order valence-corrected chi connectivity index (χ2v) is 12.9. The number of carbonyl (C=O) groups excluding carboxylic acids is 4. The standard InChI is InChI=1S/C28H33NO6.C11H13FO2/c1-20(31)35-28(18-33-27(2,3)34-19-28)15-14-22-6-10-23(11-7-22)25-17-26(32)29(25)24-12-8-21(9-13-24)5-4-16-30;1-3-11(14-8(2)13)9-4-6-10(12)7-5-9/h6-13,16,25H,4-5,14-15,17-19H2,1-3H3;4-7,11H,3H2,1-2H3. The molecule has 0 saturated carbocycles. The highest BCUT2D eigenvalue weighted by Gasteiger charge is 2.43. The number of carbonyl (C=O) groups is 4. The number of anilines is 1. The van der Waals surface area contributed by atoms with E-state index in [-0.39, 0.29) is 35.8 Å². The first kappa shape index (κ1) is 37.4. The zero-order valence-electron chi connectivity index (χ0n) is 28.9. The molecular weight excluding hydrogens is 629 g/mol. The number of esters is 2. The highest BCUT2D eigenvalue weighted by Crippen LogP contribution is 2.39. The van der Waals surface area contributed by atoms with Gasteiger partial charge in [0.05, 0.1) is 25.7 Å². The molecule has 0 spiro atoms. The zero-order chi connectivity index (χ0) is 35.6. The molecule has 0 bridgehead atoms. The summed E-state index contributed by atoms with van der Waals surface area (Å²) >= 11 is 0. The number of hydrogen-bond acceptors (Lipinski definition) is 8. The molecule has 0 aromatic heterocycles. The van der Waals surface area contributed by atoms with Crippen LogP contribution >= 0.6 is 0 Å². The Balaban J connectivity index is 0.000000324. The Hall–Kier alpha value is -4.41. The predicted octanol–water partition coefficient (Wildman–Crippen LogP) is 7.15. The van der Waals surface area contributed by atoms with Gasteiger partial charge in [0.2, 0.25) is 5.91 Å². The molecule has 9 nitrogen and oxygen atoms in total. The van der Waals surface area contributed by atoms with E-state index < -0.39 is 11.4 Å². The van der Waals surface area contributed by atoms with Crippen molar-refractivity contribution < 1.29 is 42.5 Å². The lowest BCUT2D eigenvalue weighted by Crippen LogP contribution is -2.53. The minimum Gasteiger partial charge on any atom is -0.458 e. The van der Waals surface area contributed by atoms with E-state index in [4.69, 9.17) is 18.9 Å². The highest BCUT2D eigenvalue weighted by molar-refractivity contribution is 6.01. The number of nitrogens with zero attached hydrogens (tertiary/aromatic N) is 1. The lowest BCUT2D eigenvalue weighted by Gasteiger charge is -2.42. The number of rotatable bonds is 12. The molecular formula is C39H46FNO8. The van der Waals surface area contributed by atoms with E-state index in [2.05, 4.69) is 24.3 Å². The number of benzene rings is 3. The fourth-order valence-electron chi connectivity index (χ4n) is 5.85. The van der Waals surface area contributed by atoms with Crippen LogP contribution < -0.4 is 4.90 Å². The summed E-state index contributed by atoms with van der Waals surface area (Å²) in [5, 5.41) is 0. The van der Waals surface area contributed by atoms with Gasteiger partial charge in [0, 0.05) is 26.0 Å². The molecule has 0 aliphatic carbocycles. The van der Waals surface area contributed by atoms with Crippen molar-refractivity contribution in [1.82, 2.24) is 0 Å². The molecule has 2 heterocycles. The van der Waals surface area contributed by atoms with Gasteiger partial charge >= 0.3 is 11.9 Å². The average molecular weight is 676 g/mol. The average Bonchev–Trinajstić information content (AvgIpc) is 3.07. The van der Waals surface area contributed by atoms with Crippen LogP contribution in [0, 0.1) is 5.82 Å². The third-order valence-electron chi connectivity index (χ3n) is 8.59. The third kappa shape index (κ3) is 10.5. The van der Waals surface area contributed by atoms with Gasteiger partial charge in [-0.1, -0.05) is 55.5 Å². The largest absolute Gasteiger partial charge is 0.458 e. The van der Waals surface area contributed by atoms with E-state index in [1.54, 1.807) is 12.1 Å². The number of amides is 1. The van der Waals surface area contributed by atoms with E-state index in [1.807, 2.05) is 49.9 Å². The summed E-state index contributed by atoms with van der Waals surface area (Å²) in [6.07, 6.45) is 4.31. The monoisotopic (exact) mass is 675 g/mol. The first-order chi connectivity index (χ1) is 23.3. The van der Waals surface area contributed by atoms with Crippen molar-refractivity contribution >= 4 is 29.8 Å². The Morgan fingerprint density at radius 2 is 1.51 bits per heavy atom. The van der Waals surface area contributed by atoms with Gasteiger partial charge < -0.3 is 28.6 Å². The van der Waals surface area contributed by atoms with Crippen molar-refractivity contribution in [3.63, 3.8) is 0 Å². The topological polar surface area (TPSA) is 108 Å². The number of ether oxygens (including phenoxy) is 4. The minimum absolute atomic E-state index is 0.00661. The van der Waals surface area contributed by atoms with Crippen molar-refractivity contribution in [3.8, 4) is 0 Å². The lowest BCUT2D eigenvalue weighted by atomic mass is 9.90. The molecule has 3 aromatic rings. The van der Waals surface area contributed by atoms with Crippen molar-refractivity contribution in [2.24, 2.45) is 0 Å². The fourth-order valence-corrected chi connectivity index (χ4v) is 5.85. The van der Waals surface area contributed by atoms with Crippen LogP contribution in [0.3, 0.4) is 0 Å². The number of hydrogen-bond donors (Lipinski definition) is 0. The Morgan fingerprint density at radius 1 is 0.918 bits per heavy atom. The molecule has 2 unspecified atom stereocenters. The van der Waals surface area contributed by atoms with Crippen LogP contribution in [0.2, 0.25) is 0 Å². The van der Waals surface area contributed by atoms with Gasteiger partial charge in [-0.05, 0) is 86.1 Å². The molecule has 0 N–H and O–H groups in total. The van der Waals surface area contributed by atoms with E-state index in [0.717, 1.165) is 34.2 Å².